The van der Waals surface area contributed by atoms with Gasteiger partial charge in [0.25, 0.3) is 0 Å². The van der Waals surface area contributed by atoms with Crippen molar-refractivity contribution in [2.75, 3.05) is 5.73 Å². The first kappa shape index (κ1) is 13.3. The normalized spacial score (nSPS) is 11.2. The van der Waals surface area contributed by atoms with E-state index in [2.05, 4.69) is 4.98 Å². The van der Waals surface area contributed by atoms with E-state index >= 15 is 0 Å². The van der Waals surface area contributed by atoms with Gasteiger partial charge in [0.1, 0.15) is 11.6 Å². The number of halogens is 3. The van der Waals surface area contributed by atoms with Crippen molar-refractivity contribution in [3.8, 4) is 0 Å². The number of hydrogen-bond acceptors (Lipinski definition) is 2. The highest BCUT2D eigenvalue weighted by Crippen LogP contribution is 2.23. The van der Waals surface area contributed by atoms with Gasteiger partial charge in [-0.15, -0.1) is 0 Å². The number of rotatable bonds is 2. The second-order valence-electron chi connectivity index (χ2n) is 4.44. The van der Waals surface area contributed by atoms with Crippen molar-refractivity contribution in [3.63, 3.8) is 0 Å². The summed E-state index contributed by atoms with van der Waals surface area (Å²) in [5.74, 6) is -0.290. The molecule has 0 bridgehead atoms. The molecule has 0 aliphatic heterocycles. The molecule has 0 unspecified atom stereocenters. The number of anilines is 1. The minimum Gasteiger partial charge on any atom is -0.369 e. The second kappa shape index (κ2) is 5.01. The zero-order valence-electron chi connectivity index (χ0n) is 10.3. The van der Waals surface area contributed by atoms with Crippen molar-refractivity contribution in [3.05, 3.63) is 57.2 Å². The number of aromatic nitrogens is 2. The van der Waals surface area contributed by atoms with Gasteiger partial charge in [-0.3, -0.25) is 0 Å². The van der Waals surface area contributed by atoms with E-state index in [-0.39, 0.29) is 11.6 Å². The fourth-order valence-electron chi connectivity index (χ4n) is 2.08. The number of benzene rings is 2. The van der Waals surface area contributed by atoms with Crippen molar-refractivity contribution in [1.29, 1.82) is 0 Å². The Morgan fingerprint density at radius 1 is 1.15 bits per heavy atom. The lowest BCUT2D eigenvalue weighted by Crippen LogP contribution is -2.04. The molecule has 2 N–H and O–H groups in total. The van der Waals surface area contributed by atoms with Gasteiger partial charge in [0.05, 0.1) is 21.1 Å². The molecule has 0 fully saturated rings. The summed E-state index contributed by atoms with van der Waals surface area (Å²) < 4.78 is 28.8. The van der Waals surface area contributed by atoms with E-state index in [0.717, 1.165) is 5.56 Å². The molecular weight excluding hydrogens is 375 g/mol. The van der Waals surface area contributed by atoms with Crippen LogP contribution in [0.5, 0.6) is 0 Å². The maximum atomic E-state index is 13.7. The van der Waals surface area contributed by atoms with Crippen LogP contribution < -0.4 is 5.73 Å². The van der Waals surface area contributed by atoms with E-state index in [1.807, 2.05) is 22.6 Å². The van der Waals surface area contributed by atoms with Crippen LogP contribution in [0.3, 0.4) is 0 Å². The Morgan fingerprint density at radius 2 is 1.85 bits per heavy atom. The van der Waals surface area contributed by atoms with Crippen LogP contribution in [-0.4, -0.2) is 9.55 Å². The Hall–Kier alpha value is -1.70. The maximum Gasteiger partial charge on any atom is 0.201 e. The fourth-order valence-corrected chi connectivity index (χ4v) is 2.53. The zero-order valence-corrected chi connectivity index (χ0v) is 12.4. The molecule has 2 aromatic carbocycles. The summed E-state index contributed by atoms with van der Waals surface area (Å²) in [6.45, 7) is 0.419. The molecule has 0 spiro atoms. The van der Waals surface area contributed by atoms with Gasteiger partial charge in [0.15, 0.2) is 0 Å². The molecule has 1 heterocycles. The standard InChI is InChI=1S/C14H10F2IN3/c15-9-3-1-8(2-4-9)7-20-13-5-10(16)11(17)6-12(13)19-14(20)18/h1-6H,7H2,(H2,18,19). The highest BCUT2D eigenvalue weighted by Gasteiger charge is 2.12. The molecule has 3 aromatic rings. The summed E-state index contributed by atoms with van der Waals surface area (Å²) >= 11 is 1.91. The topological polar surface area (TPSA) is 43.8 Å². The lowest BCUT2D eigenvalue weighted by Gasteiger charge is -2.07. The van der Waals surface area contributed by atoms with Crippen molar-refractivity contribution < 1.29 is 8.78 Å². The van der Waals surface area contributed by atoms with E-state index < -0.39 is 0 Å². The van der Waals surface area contributed by atoms with Gasteiger partial charge in [0.2, 0.25) is 5.95 Å². The predicted octanol–water partition coefficient (Wildman–Crippen LogP) is 3.55. The molecule has 0 aliphatic rings. The molecule has 3 rings (SSSR count). The molecule has 102 valence electrons. The molecule has 0 radical (unpaired) electrons. The van der Waals surface area contributed by atoms with Crippen LogP contribution in [0.4, 0.5) is 14.7 Å². The number of nitrogen functional groups attached to an aromatic ring is 1. The Bertz CT molecular complexity index is 781. The van der Waals surface area contributed by atoms with Gasteiger partial charge in [-0.2, -0.15) is 0 Å². The Balaban J connectivity index is 2.08. The van der Waals surface area contributed by atoms with E-state index in [4.69, 9.17) is 5.73 Å². The maximum absolute atomic E-state index is 13.7. The molecule has 1 aromatic heterocycles. The van der Waals surface area contributed by atoms with Crippen molar-refractivity contribution in [2.24, 2.45) is 0 Å². The smallest absolute Gasteiger partial charge is 0.201 e. The molecule has 0 atom stereocenters. The zero-order chi connectivity index (χ0) is 14.3. The van der Waals surface area contributed by atoms with Gasteiger partial charge in [-0.25, -0.2) is 13.8 Å². The van der Waals surface area contributed by atoms with E-state index in [1.54, 1.807) is 22.8 Å². The summed E-state index contributed by atoms with van der Waals surface area (Å²) in [7, 11) is 0. The average molecular weight is 385 g/mol. The van der Waals surface area contributed by atoms with Crippen LogP contribution in [0.25, 0.3) is 11.0 Å². The highest BCUT2D eigenvalue weighted by atomic mass is 127. The van der Waals surface area contributed by atoms with Gasteiger partial charge in [-0.1, -0.05) is 12.1 Å². The largest absolute Gasteiger partial charge is 0.369 e. The number of imidazole rings is 1. The minimum absolute atomic E-state index is 0.294. The minimum atomic E-state index is -0.307. The second-order valence-corrected chi connectivity index (χ2v) is 5.60. The first-order valence-corrected chi connectivity index (χ1v) is 6.97. The van der Waals surface area contributed by atoms with E-state index in [1.165, 1.54) is 18.2 Å². The summed E-state index contributed by atoms with van der Waals surface area (Å²) in [4.78, 5) is 4.22. The SMILES string of the molecule is Nc1nc2cc(I)c(F)cc2n1Cc1ccc(F)cc1. The van der Waals surface area contributed by atoms with Gasteiger partial charge >= 0.3 is 0 Å². The lowest BCUT2D eigenvalue weighted by molar-refractivity contribution is 0.621. The van der Waals surface area contributed by atoms with Crippen LogP contribution >= 0.6 is 22.6 Å². The summed E-state index contributed by atoms with van der Waals surface area (Å²) in [6, 6.07) is 9.18. The van der Waals surface area contributed by atoms with Crippen molar-refractivity contribution in [1.82, 2.24) is 9.55 Å². The van der Waals surface area contributed by atoms with Gasteiger partial charge in [0, 0.05) is 6.07 Å². The quantitative estimate of drug-likeness (QED) is 0.686. The fraction of sp³-hybridized carbons (Fsp3) is 0.0714. The van der Waals surface area contributed by atoms with Gasteiger partial charge < -0.3 is 10.3 Å². The number of fused-ring (bicyclic) bond motifs is 1. The molecule has 3 nitrogen and oxygen atoms in total. The van der Waals surface area contributed by atoms with Crippen molar-refractivity contribution >= 4 is 39.6 Å². The van der Waals surface area contributed by atoms with E-state index in [9.17, 15) is 8.78 Å². The molecular formula is C14H10F2IN3. The average Bonchev–Trinajstić information content (AvgIpc) is 2.69. The first-order valence-electron chi connectivity index (χ1n) is 5.90. The van der Waals surface area contributed by atoms with Crippen LogP contribution in [0, 0.1) is 15.2 Å². The van der Waals surface area contributed by atoms with Crippen molar-refractivity contribution in [2.45, 2.75) is 6.54 Å². The third-order valence-corrected chi connectivity index (χ3v) is 3.90. The predicted molar refractivity (Wildman–Crippen MR) is 82.3 cm³/mol. The summed E-state index contributed by atoms with van der Waals surface area (Å²) in [5.41, 5.74) is 8.03. The molecule has 20 heavy (non-hydrogen) atoms. The van der Waals surface area contributed by atoms with Gasteiger partial charge in [-0.05, 0) is 46.4 Å². The summed E-state index contributed by atoms with van der Waals surface area (Å²) in [6.07, 6.45) is 0. The lowest BCUT2D eigenvalue weighted by atomic mass is 10.2. The Kier molecular flexibility index (Phi) is 3.33. The number of nitrogens with zero attached hydrogens (tertiary/aromatic N) is 2. The molecule has 0 saturated carbocycles. The Morgan fingerprint density at radius 3 is 2.55 bits per heavy atom. The number of nitrogens with two attached hydrogens (primary N) is 1. The highest BCUT2D eigenvalue weighted by molar-refractivity contribution is 14.1. The monoisotopic (exact) mass is 385 g/mol. The number of hydrogen-bond donors (Lipinski definition) is 1. The summed E-state index contributed by atoms with van der Waals surface area (Å²) in [5, 5.41) is 0. The molecule has 0 aliphatic carbocycles. The third kappa shape index (κ3) is 2.35. The molecule has 0 amide bonds. The van der Waals surface area contributed by atoms with E-state index in [0.29, 0.717) is 27.1 Å². The molecule has 6 heteroatoms. The van der Waals surface area contributed by atoms with Crippen LogP contribution in [0.1, 0.15) is 5.56 Å². The first-order chi connectivity index (χ1) is 9.54. The van der Waals surface area contributed by atoms with Crippen LogP contribution in [0.2, 0.25) is 0 Å². The van der Waals surface area contributed by atoms with Crippen LogP contribution in [-0.2, 0) is 6.54 Å². The molecule has 0 saturated heterocycles. The third-order valence-electron chi connectivity index (χ3n) is 3.07. The van der Waals surface area contributed by atoms with Crippen LogP contribution in [0.15, 0.2) is 36.4 Å². The Labute approximate surface area is 127 Å².